The van der Waals surface area contributed by atoms with E-state index in [0.717, 1.165) is 12.0 Å². The van der Waals surface area contributed by atoms with Crippen molar-refractivity contribution in [3.63, 3.8) is 0 Å². The molecule has 66 valence electrons. The Hall–Kier alpha value is -0.0400. The van der Waals surface area contributed by atoms with Gasteiger partial charge in [-0.15, -0.1) is 0 Å². The van der Waals surface area contributed by atoms with Crippen molar-refractivity contribution in [2.45, 2.75) is 45.6 Å². The highest BCUT2D eigenvalue weighted by molar-refractivity contribution is 4.77. The Balaban J connectivity index is 2.24. The van der Waals surface area contributed by atoms with Crippen molar-refractivity contribution in [3.05, 3.63) is 0 Å². The highest BCUT2D eigenvalue weighted by Gasteiger charge is 2.21. The highest BCUT2D eigenvalue weighted by Crippen LogP contribution is 2.22. The summed E-state index contributed by atoms with van der Waals surface area (Å²) in [7, 11) is 2.26. The molecule has 1 nitrogen and oxygen atoms in total. The molecule has 1 heterocycles. The van der Waals surface area contributed by atoms with Crippen LogP contribution in [0.5, 0.6) is 0 Å². The van der Waals surface area contributed by atoms with Crippen molar-refractivity contribution in [2.24, 2.45) is 5.92 Å². The smallest absolute Gasteiger partial charge is 0.00952 e. The first-order valence-electron chi connectivity index (χ1n) is 4.94. The highest BCUT2D eigenvalue weighted by atomic mass is 15.1. The van der Waals surface area contributed by atoms with E-state index in [1.807, 2.05) is 0 Å². The Kier molecular flexibility index (Phi) is 3.38. The maximum Gasteiger partial charge on any atom is 0.00952 e. The maximum absolute atomic E-state index is 2.52. The van der Waals surface area contributed by atoms with Gasteiger partial charge in [-0.05, 0) is 38.8 Å². The van der Waals surface area contributed by atoms with E-state index in [0.29, 0.717) is 0 Å². The number of rotatable bonds is 3. The summed E-state index contributed by atoms with van der Waals surface area (Å²) in [5, 5.41) is 0. The Morgan fingerprint density at radius 1 is 1.55 bits per heavy atom. The van der Waals surface area contributed by atoms with Gasteiger partial charge in [0.2, 0.25) is 0 Å². The summed E-state index contributed by atoms with van der Waals surface area (Å²) in [5.41, 5.74) is 0. The van der Waals surface area contributed by atoms with E-state index in [1.54, 1.807) is 0 Å². The summed E-state index contributed by atoms with van der Waals surface area (Å²) in [5.74, 6) is 0.917. The van der Waals surface area contributed by atoms with Crippen molar-refractivity contribution in [3.8, 4) is 0 Å². The van der Waals surface area contributed by atoms with Gasteiger partial charge in [0, 0.05) is 6.04 Å². The van der Waals surface area contributed by atoms with Crippen molar-refractivity contribution in [2.75, 3.05) is 13.6 Å². The van der Waals surface area contributed by atoms with E-state index in [9.17, 15) is 0 Å². The van der Waals surface area contributed by atoms with E-state index in [1.165, 1.54) is 32.2 Å². The first-order chi connectivity index (χ1) is 5.24. The third-order valence-corrected chi connectivity index (χ3v) is 3.04. The van der Waals surface area contributed by atoms with E-state index < -0.39 is 0 Å². The molecule has 0 amide bonds. The second-order valence-electron chi connectivity index (χ2n) is 4.03. The molecule has 0 radical (unpaired) electrons. The maximum atomic E-state index is 2.52. The van der Waals surface area contributed by atoms with Crippen LogP contribution >= 0.6 is 0 Å². The number of likely N-dealkylation sites (tertiary alicyclic amines) is 1. The lowest BCUT2D eigenvalue weighted by atomic mass is 9.98. The molecule has 11 heavy (non-hydrogen) atoms. The Labute approximate surface area is 70.8 Å². The summed E-state index contributed by atoms with van der Waals surface area (Å²) < 4.78 is 0. The molecule has 0 bridgehead atoms. The van der Waals surface area contributed by atoms with Crippen LogP contribution in [-0.4, -0.2) is 24.5 Å². The molecule has 1 aliphatic heterocycles. The zero-order valence-corrected chi connectivity index (χ0v) is 8.14. The van der Waals surface area contributed by atoms with Gasteiger partial charge < -0.3 is 4.90 Å². The molecule has 0 spiro atoms. The van der Waals surface area contributed by atoms with E-state index in [2.05, 4.69) is 25.8 Å². The van der Waals surface area contributed by atoms with Crippen molar-refractivity contribution < 1.29 is 0 Å². The summed E-state index contributed by atoms with van der Waals surface area (Å²) in [6, 6.07) is 0.893. The summed E-state index contributed by atoms with van der Waals surface area (Å²) in [6.07, 6.45) is 5.59. The van der Waals surface area contributed by atoms with Gasteiger partial charge in [0.15, 0.2) is 0 Å². The number of nitrogens with zero attached hydrogens (tertiary/aromatic N) is 1. The van der Waals surface area contributed by atoms with Crippen LogP contribution in [-0.2, 0) is 0 Å². The molecule has 1 unspecified atom stereocenters. The van der Waals surface area contributed by atoms with Gasteiger partial charge in [-0.2, -0.15) is 0 Å². The topological polar surface area (TPSA) is 3.24 Å². The van der Waals surface area contributed by atoms with Crippen LogP contribution in [0.1, 0.15) is 39.5 Å². The van der Waals surface area contributed by atoms with Crippen LogP contribution in [0, 0.1) is 5.92 Å². The Morgan fingerprint density at radius 2 is 2.27 bits per heavy atom. The molecule has 0 saturated carbocycles. The predicted molar refractivity (Wildman–Crippen MR) is 49.7 cm³/mol. The average Bonchev–Trinajstić information content (AvgIpc) is 2.37. The standard InChI is InChI=1S/C10H21N/c1-4-9(2)8-10-6-5-7-11(10)3/h9-10H,4-8H2,1-3H3/t9-,10?/m1/s1. The van der Waals surface area contributed by atoms with Crippen molar-refractivity contribution in [1.29, 1.82) is 0 Å². The minimum absolute atomic E-state index is 0.893. The van der Waals surface area contributed by atoms with Gasteiger partial charge in [-0.25, -0.2) is 0 Å². The summed E-state index contributed by atoms with van der Waals surface area (Å²) in [6.45, 7) is 5.98. The van der Waals surface area contributed by atoms with Crippen LogP contribution in [0.25, 0.3) is 0 Å². The van der Waals surface area contributed by atoms with Crippen LogP contribution in [0.4, 0.5) is 0 Å². The molecule has 1 saturated heterocycles. The fourth-order valence-corrected chi connectivity index (χ4v) is 1.91. The quantitative estimate of drug-likeness (QED) is 0.605. The minimum atomic E-state index is 0.893. The number of hydrogen-bond acceptors (Lipinski definition) is 1. The molecule has 1 fully saturated rings. The average molecular weight is 155 g/mol. The van der Waals surface area contributed by atoms with Crippen LogP contribution in [0.3, 0.4) is 0 Å². The SMILES string of the molecule is CC[C@@H](C)CC1CCCN1C. The summed E-state index contributed by atoms with van der Waals surface area (Å²) in [4.78, 5) is 2.52. The van der Waals surface area contributed by atoms with Crippen LogP contribution in [0.2, 0.25) is 0 Å². The van der Waals surface area contributed by atoms with Crippen LogP contribution < -0.4 is 0 Å². The predicted octanol–water partition coefficient (Wildman–Crippen LogP) is 2.52. The first kappa shape index (κ1) is 9.05. The molecule has 0 aromatic rings. The zero-order valence-electron chi connectivity index (χ0n) is 8.14. The lowest BCUT2D eigenvalue weighted by molar-refractivity contribution is 0.264. The Morgan fingerprint density at radius 3 is 2.73 bits per heavy atom. The second-order valence-corrected chi connectivity index (χ2v) is 4.03. The fraction of sp³-hybridized carbons (Fsp3) is 1.00. The van der Waals surface area contributed by atoms with E-state index in [-0.39, 0.29) is 0 Å². The zero-order chi connectivity index (χ0) is 8.27. The Bertz CT molecular complexity index is 111. The third-order valence-electron chi connectivity index (χ3n) is 3.04. The third kappa shape index (κ3) is 2.48. The van der Waals surface area contributed by atoms with Gasteiger partial charge in [-0.1, -0.05) is 20.3 Å². The van der Waals surface area contributed by atoms with E-state index in [4.69, 9.17) is 0 Å². The van der Waals surface area contributed by atoms with Gasteiger partial charge in [0.05, 0.1) is 0 Å². The van der Waals surface area contributed by atoms with E-state index >= 15 is 0 Å². The van der Waals surface area contributed by atoms with Gasteiger partial charge >= 0.3 is 0 Å². The fourth-order valence-electron chi connectivity index (χ4n) is 1.91. The lowest BCUT2D eigenvalue weighted by Crippen LogP contribution is -2.26. The van der Waals surface area contributed by atoms with Crippen molar-refractivity contribution in [1.82, 2.24) is 4.90 Å². The molecule has 0 aromatic heterocycles. The first-order valence-corrected chi connectivity index (χ1v) is 4.94. The van der Waals surface area contributed by atoms with Gasteiger partial charge in [0.25, 0.3) is 0 Å². The molecule has 1 aliphatic rings. The molecule has 0 aliphatic carbocycles. The molecule has 0 aromatic carbocycles. The molecular weight excluding hydrogens is 134 g/mol. The number of hydrogen-bond donors (Lipinski definition) is 0. The largest absolute Gasteiger partial charge is 0.303 e. The summed E-state index contributed by atoms with van der Waals surface area (Å²) >= 11 is 0. The molecule has 1 heteroatoms. The lowest BCUT2D eigenvalue weighted by Gasteiger charge is -2.22. The second kappa shape index (κ2) is 4.10. The van der Waals surface area contributed by atoms with Crippen molar-refractivity contribution >= 4 is 0 Å². The molecule has 2 atom stereocenters. The minimum Gasteiger partial charge on any atom is -0.303 e. The molecular formula is C10H21N. The normalized spacial score (nSPS) is 29.2. The van der Waals surface area contributed by atoms with Gasteiger partial charge in [0.1, 0.15) is 0 Å². The molecule has 1 rings (SSSR count). The van der Waals surface area contributed by atoms with Crippen LogP contribution in [0.15, 0.2) is 0 Å². The molecule has 0 N–H and O–H groups in total. The van der Waals surface area contributed by atoms with Gasteiger partial charge in [-0.3, -0.25) is 0 Å². The monoisotopic (exact) mass is 155 g/mol.